The molecule has 1 aromatic rings. The van der Waals surface area contributed by atoms with Gasteiger partial charge in [-0.05, 0) is 43.9 Å². The number of hydrogen-bond donors (Lipinski definition) is 1. The Morgan fingerprint density at radius 2 is 1.80 bits per heavy atom. The van der Waals surface area contributed by atoms with E-state index in [1.54, 1.807) is 0 Å². The van der Waals surface area contributed by atoms with Crippen LogP contribution >= 0.6 is 0 Å². The van der Waals surface area contributed by atoms with Gasteiger partial charge in [0, 0.05) is 12.6 Å². The van der Waals surface area contributed by atoms with Crippen LogP contribution in [0.4, 0.5) is 0 Å². The van der Waals surface area contributed by atoms with Crippen molar-refractivity contribution in [2.45, 2.75) is 39.3 Å². The van der Waals surface area contributed by atoms with Crippen molar-refractivity contribution in [1.29, 1.82) is 0 Å². The van der Waals surface area contributed by atoms with Gasteiger partial charge in [0.05, 0.1) is 6.10 Å². The van der Waals surface area contributed by atoms with E-state index in [1.165, 1.54) is 22.3 Å². The third-order valence-corrected chi connectivity index (χ3v) is 3.16. The molecule has 2 atom stereocenters. The van der Waals surface area contributed by atoms with Gasteiger partial charge in [0.2, 0.25) is 0 Å². The second-order valence-electron chi connectivity index (χ2n) is 4.56. The summed E-state index contributed by atoms with van der Waals surface area (Å²) in [7, 11) is 0. The molecule has 1 aromatic carbocycles. The van der Waals surface area contributed by atoms with E-state index in [0.29, 0.717) is 0 Å². The van der Waals surface area contributed by atoms with Gasteiger partial charge in [0.25, 0.3) is 0 Å². The van der Waals surface area contributed by atoms with Gasteiger partial charge in [-0.3, -0.25) is 0 Å². The molecule has 82 valence electrons. The zero-order chi connectivity index (χ0) is 11.0. The summed E-state index contributed by atoms with van der Waals surface area (Å²) in [4.78, 5) is 0. The van der Waals surface area contributed by atoms with Crippen LogP contribution in [0.5, 0.6) is 0 Å². The maximum absolute atomic E-state index is 6.06. The molecule has 2 nitrogen and oxygen atoms in total. The van der Waals surface area contributed by atoms with Crippen LogP contribution in [0.1, 0.15) is 34.8 Å². The van der Waals surface area contributed by atoms with Crippen molar-refractivity contribution in [3.63, 3.8) is 0 Å². The number of ether oxygens (including phenoxy) is 1. The molecule has 0 aliphatic carbocycles. The highest BCUT2D eigenvalue weighted by atomic mass is 16.5. The van der Waals surface area contributed by atoms with E-state index >= 15 is 0 Å². The van der Waals surface area contributed by atoms with Crippen LogP contribution in [0.2, 0.25) is 0 Å². The Morgan fingerprint density at radius 1 is 1.20 bits per heavy atom. The van der Waals surface area contributed by atoms with Gasteiger partial charge in [-0.2, -0.15) is 0 Å². The summed E-state index contributed by atoms with van der Waals surface area (Å²) in [6.45, 7) is 7.20. The molecule has 0 aromatic heterocycles. The van der Waals surface area contributed by atoms with Crippen LogP contribution in [-0.4, -0.2) is 12.6 Å². The van der Waals surface area contributed by atoms with Crippen molar-refractivity contribution in [3.05, 3.63) is 34.4 Å². The minimum atomic E-state index is 0.102. The van der Waals surface area contributed by atoms with Crippen molar-refractivity contribution >= 4 is 0 Å². The molecule has 2 rings (SSSR count). The Kier molecular flexibility index (Phi) is 2.81. The van der Waals surface area contributed by atoms with Crippen LogP contribution in [0.25, 0.3) is 0 Å². The Morgan fingerprint density at radius 3 is 2.27 bits per heavy atom. The summed E-state index contributed by atoms with van der Waals surface area (Å²) < 4.78 is 5.73. The maximum Gasteiger partial charge on any atom is 0.0981 e. The van der Waals surface area contributed by atoms with E-state index in [0.717, 1.165) is 13.0 Å². The fourth-order valence-corrected chi connectivity index (χ4v) is 2.54. The van der Waals surface area contributed by atoms with Crippen molar-refractivity contribution < 1.29 is 4.74 Å². The van der Waals surface area contributed by atoms with Crippen molar-refractivity contribution in [2.24, 2.45) is 5.73 Å². The monoisotopic (exact) mass is 205 g/mol. The molecule has 1 saturated heterocycles. The molecule has 0 amide bonds. The molecule has 1 aliphatic heterocycles. The summed E-state index contributed by atoms with van der Waals surface area (Å²) in [5.41, 5.74) is 11.3. The molecule has 1 fully saturated rings. The summed E-state index contributed by atoms with van der Waals surface area (Å²) in [6, 6.07) is 4.57. The van der Waals surface area contributed by atoms with Gasteiger partial charge in [0.15, 0.2) is 0 Å². The fraction of sp³-hybridized carbons (Fsp3) is 0.538. The van der Waals surface area contributed by atoms with Gasteiger partial charge in [-0.25, -0.2) is 0 Å². The molecule has 15 heavy (non-hydrogen) atoms. The topological polar surface area (TPSA) is 35.2 Å². The summed E-state index contributed by atoms with van der Waals surface area (Å²) in [6.07, 6.45) is 1.07. The van der Waals surface area contributed by atoms with E-state index in [9.17, 15) is 0 Å². The Balaban J connectivity index is 2.43. The average Bonchev–Trinajstić information content (AvgIpc) is 2.50. The molecule has 1 heterocycles. The number of benzene rings is 1. The predicted octanol–water partition coefficient (Wildman–Crippen LogP) is 2.40. The summed E-state index contributed by atoms with van der Waals surface area (Å²) >= 11 is 0. The summed E-state index contributed by atoms with van der Waals surface area (Å²) in [5, 5.41) is 0. The largest absolute Gasteiger partial charge is 0.372 e. The molecule has 2 heteroatoms. The number of nitrogens with two attached hydrogens (primary N) is 1. The van der Waals surface area contributed by atoms with Gasteiger partial charge in [0.1, 0.15) is 0 Å². The predicted molar refractivity (Wildman–Crippen MR) is 61.9 cm³/mol. The normalized spacial score (nSPS) is 25.9. The minimum Gasteiger partial charge on any atom is -0.372 e. The quantitative estimate of drug-likeness (QED) is 0.764. The van der Waals surface area contributed by atoms with E-state index in [4.69, 9.17) is 10.5 Å². The standard InChI is InChI=1S/C13H19NO/c1-8-6-9(2)12(10(3)7-8)13-11(14)4-5-15-13/h6-7,11,13H,4-5,14H2,1-3H3. The van der Waals surface area contributed by atoms with Gasteiger partial charge in [-0.1, -0.05) is 17.7 Å². The summed E-state index contributed by atoms with van der Waals surface area (Å²) in [5.74, 6) is 0. The molecule has 1 aliphatic rings. The second-order valence-corrected chi connectivity index (χ2v) is 4.56. The highest BCUT2D eigenvalue weighted by Gasteiger charge is 2.28. The minimum absolute atomic E-state index is 0.102. The third kappa shape index (κ3) is 1.92. The zero-order valence-corrected chi connectivity index (χ0v) is 9.71. The smallest absolute Gasteiger partial charge is 0.0981 e. The van der Waals surface area contributed by atoms with Crippen molar-refractivity contribution in [3.8, 4) is 0 Å². The van der Waals surface area contributed by atoms with E-state index < -0.39 is 0 Å². The molecule has 0 radical (unpaired) electrons. The lowest BCUT2D eigenvalue weighted by molar-refractivity contribution is 0.104. The highest BCUT2D eigenvalue weighted by Crippen LogP contribution is 2.32. The van der Waals surface area contributed by atoms with Crippen LogP contribution in [0.15, 0.2) is 12.1 Å². The SMILES string of the molecule is Cc1cc(C)c(C2OCCC2N)c(C)c1. The first kappa shape index (κ1) is 10.7. The van der Waals surface area contributed by atoms with E-state index in [-0.39, 0.29) is 12.1 Å². The molecule has 0 saturated carbocycles. The molecule has 0 bridgehead atoms. The first-order valence-electron chi connectivity index (χ1n) is 5.54. The van der Waals surface area contributed by atoms with Crippen LogP contribution in [-0.2, 0) is 4.74 Å². The first-order valence-corrected chi connectivity index (χ1v) is 5.54. The van der Waals surface area contributed by atoms with Crippen LogP contribution < -0.4 is 5.73 Å². The second kappa shape index (κ2) is 3.95. The molecule has 2 N–H and O–H groups in total. The van der Waals surface area contributed by atoms with Crippen molar-refractivity contribution in [2.75, 3.05) is 6.61 Å². The third-order valence-electron chi connectivity index (χ3n) is 3.16. The van der Waals surface area contributed by atoms with Crippen molar-refractivity contribution in [1.82, 2.24) is 0 Å². The lowest BCUT2D eigenvalue weighted by Gasteiger charge is -2.20. The lowest BCUT2D eigenvalue weighted by Crippen LogP contribution is -2.24. The number of hydrogen-bond acceptors (Lipinski definition) is 2. The van der Waals surface area contributed by atoms with Gasteiger partial charge < -0.3 is 10.5 Å². The Bertz CT molecular complexity index is 350. The molecular weight excluding hydrogens is 186 g/mol. The Labute approximate surface area is 91.4 Å². The van der Waals surface area contributed by atoms with Crippen LogP contribution in [0.3, 0.4) is 0 Å². The number of aryl methyl sites for hydroxylation is 3. The molecule has 2 unspecified atom stereocenters. The van der Waals surface area contributed by atoms with Gasteiger partial charge in [-0.15, -0.1) is 0 Å². The average molecular weight is 205 g/mol. The van der Waals surface area contributed by atoms with Gasteiger partial charge >= 0.3 is 0 Å². The first-order chi connectivity index (χ1) is 7.09. The fourth-order valence-electron chi connectivity index (χ4n) is 2.54. The van der Waals surface area contributed by atoms with Crippen LogP contribution in [0, 0.1) is 20.8 Å². The van der Waals surface area contributed by atoms with E-state index in [1.807, 2.05) is 0 Å². The molecular formula is C13H19NO. The maximum atomic E-state index is 6.06. The number of rotatable bonds is 1. The molecule has 0 spiro atoms. The Hall–Kier alpha value is -0.860. The lowest BCUT2D eigenvalue weighted by atomic mass is 9.92. The highest BCUT2D eigenvalue weighted by molar-refractivity contribution is 5.40. The van der Waals surface area contributed by atoms with E-state index in [2.05, 4.69) is 32.9 Å². The zero-order valence-electron chi connectivity index (χ0n) is 9.71.